The summed E-state index contributed by atoms with van der Waals surface area (Å²) in [6.07, 6.45) is 0. The maximum absolute atomic E-state index is 11.4. The van der Waals surface area contributed by atoms with Gasteiger partial charge in [0.15, 0.2) is 0 Å². The van der Waals surface area contributed by atoms with Gasteiger partial charge in [-0.3, -0.25) is 9.69 Å². The molecule has 2 aromatic rings. The molecule has 0 spiro atoms. The van der Waals surface area contributed by atoms with Crippen LogP contribution in [0.5, 0.6) is 0 Å². The molecule has 0 atom stereocenters. The van der Waals surface area contributed by atoms with Gasteiger partial charge in [-0.15, -0.1) is 0 Å². The lowest BCUT2D eigenvalue weighted by atomic mass is 10.2. The van der Waals surface area contributed by atoms with Crippen LogP contribution in [0.3, 0.4) is 0 Å². The SMILES string of the molecule is CN(C)Cn1nnc(=O)c2ccccc21. The quantitative estimate of drug-likeness (QED) is 0.706. The third-order valence-electron chi connectivity index (χ3n) is 2.07. The molecule has 0 amide bonds. The number of fused-ring (bicyclic) bond motifs is 1. The van der Waals surface area contributed by atoms with Crippen molar-refractivity contribution in [2.75, 3.05) is 14.1 Å². The zero-order valence-corrected chi connectivity index (χ0v) is 8.71. The van der Waals surface area contributed by atoms with Crippen molar-refractivity contribution in [3.05, 3.63) is 34.6 Å². The van der Waals surface area contributed by atoms with Gasteiger partial charge in [-0.1, -0.05) is 22.4 Å². The molecule has 0 fully saturated rings. The summed E-state index contributed by atoms with van der Waals surface area (Å²) < 4.78 is 1.71. The molecule has 0 radical (unpaired) electrons. The third kappa shape index (κ3) is 1.87. The molecule has 1 aromatic heterocycles. The Morgan fingerprint density at radius 2 is 2.07 bits per heavy atom. The standard InChI is InChI=1S/C10H12N4O/c1-13(2)7-14-9-6-4-3-5-8(9)10(15)11-12-14/h3-6H,7H2,1-2H3. The van der Waals surface area contributed by atoms with E-state index in [9.17, 15) is 4.79 Å². The molecular formula is C10H12N4O. The summed E-state index contributed by atoms with van der Waals surface area (Å²) in [4.78, 5) is 13.4. The van der Waals surface area contributed by atoms with E-state index in [1.807, 2.05) is 37.2 Å². The Hall–Kier alpha value is -1.75. The Bertz CT molecular complexity index is 532. The summed E-state index contributed by atoms with van der Waals surface area (Å²) in [7, 11) is 3.88. The van der Waals surface area contributed by atoms with E-state index in [1.54, 1.807) is 10.7 Å². The fourth-order valence-electron chi connectivity index (χ4n) is 1.45. The third-order valence-corrected chi connectivity index (χ3v) is 2.07. The Kier molecular flexibility index (Phi) is 2.47. The summed E-state index contributed by atoms with van der Waals surface area (Å²) in [6.45, 7) is 0.605. The Morgan fingerprint density at radius 1 is 1.33 bits per heavy atom. The largest absolute Gasteiger partial charge is 0.299 e. The number of para-hydroxylation sites is 1. The molecule has 78 valence electrons. The van der Waals surface area contributed by atoms with Gasteiger partial charge in [0, 0.05) is 0 Å². The van der Waals surface area contributed by atoms with E-state index in [1.165, 1.54) is 0 Å². The monoisotopic (exact) mass is 204 g/mol. The summed E-state index contributed by atoms with van der Waals surface area (Å²) in [5.74, 6) is 0. The second-order valence-electron chi connectivity index (χ2n) is 3.63. The van der Waals surface area contributed by atoms with Crippen LogP contribution >= 0.6 is 0 Å². The van der Waals surface area contributed by atoms with E-state index < -0.39 is 0 Å². The Labute approximate surface area is 86.9 Å². The van der Waals surface area contributed by atoms with E-state index in [2.05, 4.69) is 10.3 Å². The van der Waals surface area contributed by atoms with Crippen molar-refractivity contribution in [2.24, 2.45) is 0 Å². The number of hydrogen-bond acceptors (Lipinski definition) is 4. The lowest BCUT2D eigenvalue weighted by molar-refractivity contribution is 0.304. The molecule has 1 heterocycles. The van der Waals surface area contributed by atoms with Gasteiger partial charge < -0.3 is 0 Å². The Balaban J connectivity index is 2.66. The zero-order chi connectivity index (χ0) is 10.8. The highest BCUT2D eigenvalue weighted by molar-refractivity contribution is 5.77. The van der Waals surface area contributed by atoms with Crippen LogP contribution in [-0.4, -0.2) is 34.0 Å². The second-order valence-corrected chi connectivity index (χ2v) is 3.63. The molecule has 0 aliphatic rings. The first-order valence-corrected chi connectivity index (χ1v) is 4.66. The van der Waals surface area contributed by atoms with Crippen molar-refractivity contribution >= 4 is 10.9 Å². The average Bonchev–Trinajstić information content (AvgIpc) is 2.22. The number of hydrogen-bond donors (Lipinski definition) is 0. The van der Waals surface area contributed by atoms with E-state index in [0.717, 1.165) is 5.52 Å². The first-order valence-electron chi connectivity index (χ1n) is 4.66. The Morgan fingerprint density at radius 3 is 2.80 bits per heavy atom. The first kappa shape index (κ1) is 9.79. The highest BCUT2D eigenvalue weighted by Crippen LogP contribution is 2.06. The first-order chi connectivity index (χ1) is 7.18. The van der Waals surface area contributed by atoms with Crippen molar-refractivity contribution in [1.82, 2.24) is 19.9 Å². The van der Waals surface area contributed by atoms with Crippen LogP contribution in [0.4, 0.5) is 0 Å². The van der Waals surface area contributed by atoms with Gasteiger partial charge in [0.05, 0.1) is 17.6 Å². The van der Waals surface area contributed by atoms with E-state index in [0.29, 0.717) is 12.1 Å². The fraction of sp³-hybridized carbons (Fsp3) is 0.300. The van der Waals surface area contributed by atoms with Crippen molar-refractivity contribution < 1.29 is 0 Å². The molecular weight excluding hydrogens is 192 g/mol. The highest BCUT2D eigenvalue weighted by Gasteiger charge is 2.04. The molecule has 0 saturated heterocycles. The fourth-order valence-corrected chi connectivity index (χ4v) is 1.45. The van der Waals surface area contributed by atoms with Gasteiger partial charge in [-0.2, -0.15) is 0 Å². The molecule has 0 unspecified atom stereocenters. The van der Waals surface area contributed by atoms with E-state index in [4.69, 9.17) is 0 Å². The second kappa shape index (κ2) is 3.78. The van der Waals surface area contributed by atoms with E-state index >= 15 is 0 Å². The van der Waals surface area contributed by atoms with Crippen molar-refractivity contribution in [3.8, 4) is 0 Å². The predicted molar refractivity (Wildman–Crippen MR) is 57.5 cm³/mol. The maximum atomic E-state index is 11.4. The molecule has 5 nitrogen and oxygen atoms in total. The van der Waals surface area contributed by atoms with Crippen LogP contribution < -0.4 is 5.56 Å². The van der Waals surface area contributed by atoms with Crippen LogP contribution in [0.15, 0.2) is 29.1 Å². The van der Waals surface area contributed by atoms with Crippen LogP contribution in [0, 0.1) is 0 Å². The lowest BCUT2D eigenvalue weighted by Crippen LogP contribution is -2.23. The van der Waals surface area contributed by atoms with Crippen molar-refractivity contribution in [2.45, 2.75) is 6.67 Å². The zero-order valence-electron chi connectivity index (χ0n) is 8.71. The predicted octanol–water partition coefficient (Wildman–Crippen LogP) is 0.311. The number of aromatic nitrogens is 3. The minimum Gasteiger partial charge on any atom is -0.291 e. The van der Waals surface area contributed by atoms with Gasteiger partial charge in [0.2, 0.25) is 0 Å². The molecule has 0 bridgehead atoms. The maximum Gasteiger partial charge on any atom is 0.299 e. The smallest absolute Gasteiger partial charge is 0.291 e. The summed E-state index contributed by atoms with van der Waals surface area (Å²) in [5, 5.41) is 8.06. The van der Waals surface area contributed by atoms with Crippen molar-refractivity contribution in [3.63, 3.8) is 0 Å². The minimum atomic E-state index is -0.277. The van der Waals surface area contributed by atoms with Gasteiger partial charge in [-0.05, 0) is 26.2 Å². The number of nitrogens with zero attached hydrogens (tertiary/aromatic N) is 4. The molecule has 5 heteroatoms. The molecule has 0 aliphatic heterocycles. The van der Waals surface area contributed by atoms with Crippen molar-refractivity contribution in [1.29, 1.82) is 0 Å². The molecule has 0 aliphatic carbocycles. The van der Waals surface area contributed by atoms with Crippen LogP contribution in [-0.2, 0) is 6.67 Å². The molecule has 0 N–H and O–H groups in total. The molecule has 2 rings (SSSR count). The van der Waals surface area contributed by atoms with Gasteiger partial charge >= 0.3 is 0 Å². The normalized spacial score (nSPS) is 11.1. The number of rotatable bonds is 2. The highest BCUT2D eigenvalue weighted by atomic mass is 16.1. The van der Waals surface area contributed by atoms with E-state index in [-0.39, 0.29) is 5.56 Å². The molecule has 0 saturated carbocycles. The lowest BCUT2D eigenvalue weighted by Gasteiger charge is -2.12. The van der Waals surface area contributed by atoms with Crippen LogP contribution in [0.2, 0.25) is 0 Å². The van der Waals surface area contributed by atoms with Gasteiger partial charge in [-0.25, -0.2) is 4.68 Å². The summed E-state index contributed by atoms with van der Waals surface area (Å²) in [6, 6.07) is 7.34. The number of benzene rings is 1. The topological polar surface area (TPSA) is 51.0 Å². The van der Waals surface area contributed by atoms with Crippen LogP contribution in [0.1, 0.15) is 0 Å². The molecule has 15 heavy (non-hydrogen) atoms. The molecule has 1 aromatic carbocycles. The summed E-state index contributed by atoms with van der Waals surface area (Å²) in [5.41, 5.74) is 0.534. The average molecular weight is 204 g/mol. The van der Waals surface area contributed by atoms with Crippen LogP contribution in [0.25, 0.3) is 10.9 Å². The summed E-state index contributed by atoms with van der Waals surface area (Å²) >= 11 is 0. The minimum absolute atomic E-state index is 0.277. The van der Waals surface area contributed by atoms with Gasteiger partial charge in [0.1, 0.15) is 0 Å². The van der Waals surface area contributed by atoms with Gasteiger partial charge in [0.25, 0.3) is 5.56 Å².